The molecule has 0 saturated carbocycles. The smallest absolute Gasteiger partial charge is 0.272 e. The number of carbonyl (C=O) groups is 1. The molecule has 0 radical (unpaired) electrons. The van der Waals surface area contributed by atoms with Gasteiger partial charge < -0.3 is 10.6 Å². The molecule has 1 atom stereocenters. The normalized spacial score (nSPS) is 17.4. The lowest BCUT2D eigenvalue weighted by molar-refractivity contribution is -0.384. The predicted octanol–water partition coefficient (Wildman–Crippen LogP) is 0.872. The first-order chi connectivity index (χ1) is 10.6. The first-order valence-corrected chi connectivity index (χ1v) is 6.95. The van der Waals surface area contributed by atoms with E-state index < -0.39 is 4.92 Å². The lowest BCUT2D eigenvalue weighted by Crippen LogP contribution is -2.36. The van der Waals surface area contributed by atoms with Crippen LogP contribution in [0.25, 0.3) is 5.69 Å². The summed E-state index contributed by atoms with van der Waals surface area (Å²) in [5.74, 6) is -0.238. The monoisotopic (exact) mass is 301 g/mol. The number of benzene rings is 1. The number of non-ortho nitro benzene ring substituents is 1. The van der Waals surface area contributed by atoms with E-state index in [1.165, 1.54) is 16.8 Å². The molecule has 1 aromatic heterocycles. The molecule has 0 aliphatic carbocycles. The molecule has 1 unspecified atom stereocenters. The van der Waals surface area contributed by atoms with Gasteiger partial charge in [-0.1, -0.05) is 6.07 Å². The van der Waals surface area contributed by atoms with Crippen LogP contribution in [0.4, 0.5) is 5.69 Å². The van der Waals surface area contributed by atoms with Crippen LogP contribution in [0.3, 0.4) is 0 Å². The van der Waals surface area contributed by atoms with E-state index in [0.29, 0.717) is 11.4 Å². The predicted molar refractivity (Wildman–Crippen MR) is 79.0 cm³/mol. The standard InChI is InChI=1S/C14H15N5O3/c20-14(16-10-4-6-15-9-10)13-5-7-18(17-13)11-2-1-3-12(8-11)19(21)22/h1-3,5,7-8,10,15H,4,6,9H2,(H,16,20). The van der Waals surface area contributed by atoms with Crippen molar-refractivity contribution in [2.24, 2.45) is 0 Å². The average molecular weight is 301 g/mol. The Hall–Kier alpha value is -2.74. The second-order valence-electron chi connectivity index (χ2n) is 5.09. The van der Waals surface area contributed by atoms with Gasteiger partial charge in [-0.25, -0.2) is 4.68 Å². The van der Waals surface area contributed by atoms with Gasteiger partial charge in [-0.15, -0.1) is 0 Å². The van der Waals surface area contributed by atoms with Crippen LogP contribution in [0.15, 0.2) is 36.5 Å². The maximum atomic E-state index is 12.1. The number of hydrogen-bond acceptors (Lipinski definition) is 5. The Kier molecular flexibility index (Phi) is 3.84. The zero-order chi connectivity index (χ0) is 15.5. The number of nitrogens with one attached hydrogen (secondary N) is 2. The van der Waals surface area contributed by atoms with Crippen molar-refractivity contribution in [2.45, 2.75) is 12.5 Å². The van der Waals surface area contributed by atoms with Crippen molar-refractivity contribution in [2.75, 3.05) is 13.1 Å². The number of amides is 1. The maximum Gasteiger partial charge on any atom is 0.272 e. The van der Waals surface area contributed by atoms with E-state index in [-0.39, 0.29) is 17.6 Å². The largest absolute Gasteiger partial charge is 0.347 e. The topological polar surface area (TPSA) is 102 Å². The van der Waals surface area contributed by atoms with Gasteiger partial charge in [0, 0.05) is 30.9 Å². The van der Waals surface area contributed by atoms with Crippen molar-refractivity contribution >= 4 is 11.6 Å². The molecule has 8 heteroatoms. The summed E-state index contributed by atoms with van der Waals surface area (Å²) in [7, 11) is 0. The Morgan fingerprint density at radius 3 is 3.05 bits per heavy atom. The fraction of sp³-hybridized carbons (Fsp3) is 0.286. The highest BCUT2D eigenvalue weighted by Gasteiger charge is 2.19. The van der Waals surface area contributed by atoms with Gasteiger partial charge in [0.2, 0.25) is 0 Å². The molecule has 114 valence electrons. The van der Waals surface area contributed by atoms with Gasteiger partial charge in [0.1, 0.15) is 0 Å². The number of rotatable bonds is 4. The average Bonchev–Trinajstić information content (AvgIpc) is 3.18. The van der Waals surface area contributed by atoms with Crippen LogP contribution < -0.4 is 10.6 Å². The molecule has 22 heavy (non-hydrogen) atoms. The molecule has 2 aromatic rings. The number of hydrogen-bond donors (Lipinski definition) is 2. The second-order valence-corrected chi connectivity index (χ2v) is 5.09. The molecule has 1 aromatic carbocycles. The lowest BCUT2D eigenvalue weighted by atomic mass is 10.2. The zero-order valence-corrected chi connectivity index (χ0v) is 11.7. The molecule has 3 rings (SSSR count). The summed E-state index contributed by atoms with van der Waals surface area (Å²) in [5.41, 5.74) is 0.810. The highest BCUT2D eigenvalue weighted by molar-refractivity contribution is 5.92. The molecule has 0 spiro atoms. The minimum atomic E-state index is -0.465. The fourth-order valence-corrected chi connectivity index (χ4v) is 2.38. The Morgan fingerprint density at radius 2 is 2.32 bits per heavy atom. The Labute approximate surface area is 126 Å². The Bertz CT molecular complexity index is 706. The first kappa shape index (κ1) is 14.2. The summed E-state index contributed by atoms with van der Waals surface area (Å²) in [4.78, 5) is 22.4. The van der Waals surface area contributed by atoms with Crippen molar-refractivity contribution in [3.63, 3.8) is 0 Å². The van der Waals surface area contributed by atoms with Gasteiger partial charge in [-0.2, -0.15) is 5.10 Å². The maximum absolute atomic E-state index is 12.1. The summed E-state index contributed by atoms with van der Waals surface area (Å²) >= 11 is 0. The molecule has 2 N–H and O–H groups in total. The molecule has 8 nitrogen and oxygen atoms in total. The second kappa shape index (κ2) is 5.94. The fourth-order valence-electron chi connectivity index (χ4n) is 2.38. The number of aromatic nitrogens is 2. The van der Waals surface area contributed by atoms with Gasteiger partial charge in [0.25, 0.3) is 11.6 Å². The first-order valence-electron chi connectivity index (χ1n) is 6.95. The Balaban J connectivity index is 1.76. The Morgan fingerprint density at radius 1 is 1.45 bits per heavy atom. The number of nitrogens with zero attached hydrogens (tertiary/aromatic N) is 3. The van der Waals surface area contributed by atoms with Crippen LogP contribution in [0, 0.1) is 10.1 Å². The highest BCUT2D eigenvalue weighted by atomic mass is 16.6. The van der Waals surface area contributed by atoms with Crippen LogP contribution in [-0.2, 0) is 0 Å². The summed E-state index contributed by atoms with van der Waals surface area (Å²) in [6.45, 7) is 1.66. The van der Waals surface area contributed by atoms with Crippen LogP contribution in [-0.4, -0.2) is 39.7 Å². The summed E-state index contributed by atoms with van der Waals surface area (Å²) in [6.07, 6.45) is 2.51. The van der Waals surface area contributed by atoms with Gasteiger partial charge in [-0.3, -0.25) is 14.9 Å². The van der Waals surface area contributed by atoms with Crippen molar-refractivity contribution in [3.8, 4) is 5.69 Å². The quantitative estimate of drug-likeness (QED) is 0.644. The van der Waals surface area contributed by atoms with Crippen LogP contribution in [0.1, 0.15) is 16.9 Å². The van der Waals surface area contributed by atoms with E-state index >= 15 is 0 Å². The van der Waals surface area contributed by atoms with Crippen LogP contribution >= 0.6 is 0 Å². The number of carbonyl (C=O) groups excluding carboxylic acids is 1. The van der Waals surface area contributed by atoms with E-state index in [4.69, 9.17) is 0 Å². The van der Waals surface area contributed by atoms with Crippen LogP contribution in [0.2, 0.25) is 0 Å². The molecule has 1 aliphatic heterocycles. The van der Waals surface area contributed by atoms with E-state index in [1.807, 2.05) is 0 Å². The van der Waals surface area contributed by atoms with Gasteiger partial charge in [0.05, 0.1) is 10.6 Å². The van der Waals surface area contributed by atoms with Crippen molar-refractivity contribution in [3.05, 3.63) is 52.3 Å². The van der Waals surface area contributed by atoms with Gasteiger partial charge in [0.15, 0.2) is 5.69 Å². The SMILES string of the molecule is O=C(NC1CCNC1)c1ccn(-c2cccc([N+](=O)[O-])c2)n1. The summed E-state index contributed by atoms with van der Waals surface area (Å²) in [6, 6.07) is 7.82. The third-order valence-corrected chi connectivity index (χ3v) is 3.52. The van der Waals surface area contributed by atoms with E-state index in [9.17, 15) is 14.9 Å². The molecule has 1 saturated heterocycles. The number of nitro benzene ring substituents is 1. The zero-order valence-electron chi connectivity index (χ0n) is 11.7. The molecule has 0 bridgehead atoms. The van der Waals surface area contributed by atoms with Gasteiger partial charge >= 0.3 is 0 Å². The number of nitro groups is 1. The van der Waals surface area contributed by atoms with Gasteiger partial charge in [-0.05, 0) is 25.1 Å². The van der Waals surface area contributed by atoms with Crippen molar-refractivity contribution in [1.29, 1.82) is 0 Å². The molecule has 2 heterocycles. The summed E-state index contributed by atoms with van der Waals surface area (Å²) in [5, 5.41) is 21.1. The van der Waals surface area contributed by atoms with E-state index in [2.05, 4.69) is 15.7 Å². The van der Waals surface area contributed by atoms with E-state index in [1.54, 1.807) is 24.4 Å². The minimum absolute atomic E-state index is 0.0176. The third kappa shape index (κ3) is 2.96. The van der Waals surface area contributed by atoms with Crippen LogP contribution in [0.5, 0.6) is 0 Å². The summed E-state index contributed by atoms with van der Waals surface area (Å²) < 4.78 is 1.45. The molecule has 1 aliphatic rings. The molecular formula is C14H15N5O3. The minimum Gasteiger partial charge on any atom is -0.347 e. The van der Waals surface area contributed by atoms with E-state index in [0.717, 1.165) is 19.5 Å². The van der Waals surface area contributed by atoms with Crippen molar-refractivity contribution < 1.29 is 9.72 Å². The highest BCUT2D eigenvalue weighted by Crippen LogP contribution is 2.16. The lowest BCUT2D eigenvalue weighted by Gasteiger charge is -2.09. The molecule has 1 amide bonds. The molecular weight excluding hydrogens is 286 g/mol. The third-order valence-electron chi connectivity index (χ3n) is 3.52. The van der Waals surface area contributed by atoms with Crippen molar-refractivity contribution in [1.82, 2.24) is 20.4 Å². The molecule has 1 fully saturated rings.